The predicted octanol–water partition coefficient (Wildman–Crippen LogP) is 3.35. The van der Waals surface area contributed by atoms with E-state index in [4.69, 9.17) is 0 Å². The van der Waals surface area contributed by atoms with Crippen molar-refractivity contribution in [2.45, 2.75) is 44.9 Å². The van der Waals surface area contributed by atoms with Crippen LogP contribution in [0.2, 0.25) is 0 Å². The molecular weight excluding hydrogens is 248 g/mol. The van der Waals surface area contributed by atoms with Gasteiger partial charge in [-0.2, -0.15) is 0 Å². The fourth-order valence-corrected chi connectivity index (χ4v) is 3.51. The van der Waals surface area contributed by atoms with E-state index < -0.39 is 0 Å². The van der Waals surface area contributed by atoms with E-state index in [1.807, 2.05) is 12.1 Å². The maximum absolute atomic E-state index is 12.4. The van der Waals surface area contributed by atoms with Crippen molar-refractivity contribution < 1.29 is 4.79 Å². The second kappa shape index (κ2) is 6.29. The summed E-state index contributed by atoms with van der Waals surface area (Å²) in [4.78, 5) is 12.4. The molecule has 2 N–H and O–H groups in total. The third kappa shape index (κ3) is 2.97. The Bertz CT molecular complexity index is 478. The van der Waals surface area contributed by atoms with Gasteiger partial charge in [0.05, 0.1) is 0 Å². The molecule has 3 nitrogen and oxygen atoms in total. The van der Waals surface area contributed by atoms with Crippen LogP contribution in [0, 0.1) is 5.92 Å². The topological polar surface area (TPSA) is 41.1 Å². The second-order valence-electron chi connectivity index (χ2n) is 6.06. The van der Waals surface area contributed by atoms with Crippen molar-refractivity contribution in [2.75, 3.05) is 18.4 Å². The molecule has 0 spiro atoms. The van der Waals surface area contributed by atoms with E-state index in [-0.39, 0.29) is 5.91 Å². The van der Waals surface area contributed by atoms with Crippen molar-refractivity contribution >= 4 is 11.6 Å². The number of benzene rings is 1. The van der Waals surface area contributed by atoms with Crippen LogP contribution < -0.4 is 10.6 Å². The number of anilines is 1. The maximum Gasteiger partial charge on any atom is 0.251 e. The maximum atomic E-state index is 12.4. The van der Waals surface area contributed by atoms with Crippen molar-refractivity contribution in [1.82, 2.24) is 5.32 Å². The number of fused-ring (bicyclic) bond motifs is 1. The Hall–Kier alpha value is -1.51. The number of rotatable bonds is 4. The van der Waals surface area contributed by atoms with Crippen LogP contribution in [0.3, 0.4) is 0 Å². The SMILES string of the molecule is O=C(NCCC1CCCC1)c1cccc2c1CCCN2. The van der Waals surface area contributed by atoms with Crippen LogP contribution in [0.4, 0.5) is 5.69 Å². The van der Waals surface area contributed by atoms with Crippen molar-refractivity contribution in [1.29, 1.82) is 0 Å². The summed E-state index contributed by atoms with van der Waals surface area (Å²) in [6.45, 7) is 1.83. The van der Waals surface area contributed by atoms with Crippen LogP contribution in [0.5, 0.6) is 0 Å². The van der Waals surface area contributed by atoms with Crippen molar-refractivity contribution in [3.05, 3.63) is 29.3 Å². The summed E-state index contributed by atoms with van der Waals surface area (Å²) in [5.74, 6) is 0.935. The molecule has 3 heteroatoms. The van der Waals surface area contributed by atoms with Gasteiger partial charge in [0.1, 0.15) is 0 Å². The summed E-state index contributed by atoms with van der Waals surface area (Å²) in [7, 11) is 0. The van der Waals surface area contributed by atoms with Gasteiger partial charge in [0, 0.05) is 24.3 Å². The monoisotopic (exact) mass is 272 g/mol. The molecule has 3 rings (SSSR count). The minimum atomic E-state index is 0.101. The zero-order valence-electron chi connectivity index (χ0n) is 12.1. The Labute approximate surface area is 121 Å². The van der Waals surface area contributed by atoms with E-state index in [9.17, 15) is 4.79 Å². The Kier molecular flexibility index (Phi) is 4.24. The van der Waals surface area contributed by atoms with E-state index >= 15 is 0 Å². The minimum absolute atomic E-state index is 0.101. The molecular formula is C17H24N2O. The van der Waals surface area contributed by atoms with Crippen molar-refractivity contribution in [3.63, 3.8) is 0 Å². The van der Waals surface area contributed by atoms with E-state index in [1.165, 1.54) is 31.2 Å². The molecule has 0 aromatic heterocycles. The fourth-order valence-electron chi connectivity index (χ4n) is 3.51. The molecule has 0 saturated heterocycles. The highest BCUT2D eigenvalue weighted by Crippen LogP contribution is 2.27. The summed E-state index contributed by atoms with van der Waals surface area (Å²) >= 11 is 0. The first-order valence-corrected chi connectivity index (χ1v) is 7.98. The van der Waals surface area contributed by atoms with E-state index in [1.54, 1.807) is 0 Å². The van der Waals surface area contributed by atoms with E-state index in [0.717, 1.165) is 49.5 Å². The van der Waals surface area contributed by atoms with Crippen LogP contribution in [-0.2, 0) is 6.42 Å². The largest absolute Gasteiger partial charge is 0.385 e. The predicted molar refractivity (Wildman–Crippen MR) is 82.2 cm³/mol. The normalized spacial score (nSPS) is 18.4. The van der Waals surface area contributed by atoms with Gasteiger partial charge in [0.2, 0.25) is 0 Å². The zero-order valence-corrected chi connectivity index (χ0v) is 12.1. The van der Waals surface area contributed by atoms with Crippen molar-refractivity contribution in [2.24, 2.45) is 5.92 Å². The highest BCUT2D eigenvalue weighted by Gasteiger charge is 2.18. The number of nitrogens with one attached hydrogen (secondary N) is 2. The van der Waals surface area contributed by atoms with Crippen LogP contribution >= 0.6 is 0 Å². The van der Waals surface area contributed by atoms with E-state index in [2.05, 4.69) is 16.7 Å². The summed E-state index contributed by atoms with van der Waals surface area (Å²) in [5, 5.41) is 6.49. The molecule has 1 fully saturated rings. The number of hydrogen-bond acceptors (Lipinski definition) is 2. The first-order valence-electron chi connectivity index (χ1n) is 7.98. The average Bonchev–Trinajstić information content (AvgIpc) is 3.00. The summed E-state index contributed by atoms with van der Waals surface area (Å²) < 4.78 is 0. The van der Waals surface area contributed by atoms with Gasteiger partial charge in [0.25, 0.3) is 5.91 Å². The van der Waals surface area contributed by atoms with Gasteiger partial charge < -0.3 is 10.6 Å². The third-order valence-corrected chi connectivity index (χ3v) is 4.65. The lowest BCUT2D eigenvalue weighted by Gasteiger charge is -2.20. The number of amides is 1. The molecule has 0 atom stereocenters. The number of hydrogen-bond donors (Lipinski definition) is 2. The standard InChI is InChI=1S/C17H24N2O/c20-17(19-12-10-13-5-1-2-6-13)15-7-3-9-16-14(15)8-4-11-18-16/h3,7,9,13,18H,1-2,4-6,8,10-12H2,(H,19,20). The Morgan fingerprint density at radius 1 is 1.25 bits per heavy atom. The molecule has 1 aliphatic heterocycles. The highest BCUT2D eigenvalue weighted by atomic mass is 16.1. The summed E-state index contributed by atoms with van der Waals surface area (Å²) in [5.41, 5.74) is 3.19. The van der Waals surface area contributed by atoms with Crippen molar-refractivity contribution in [3.8, 4) is 0 Å². The molecule has 108 valence electrons. The quantitative estimate of drug-likeness (QED) is 0.882. The zero-order chi connectivity index (χ0) is 13.8. The summed E-state index contributed by atoms with van der Waals surface area (Å²) in [6, 6.07) is 6.00. The first-order chi connectivity index (χ1) is 9.84. The number of carbonyl (C=O) groups excluding carboxylic acids is 1. The molecule has 1 heterocycles. The van der Waals surface area contributed by atoms with Gasteiger partial charge in [-0.05, 0) is 42.9 Å². The lowest BCUT2D eigenvalue weighted by Crippen LogP contribution is -2.27. The van der Waals surface area contributed by atoms with Crippen LogP contribution in [0.1, 0.15) is 54.4 Å². The minimum Gasteiger partial charge on any atom is -0.385 e. The first kappa shape index (κ1) is 13.5. The molecule has 1 aromatic rings. The Morgan fingerprint density at radius 2 is 2.10 bits per heavy atom. The Morgan fingerprint density at radius 3 is 2.95 bits per heavy atom. The van der Waals surface area contributed by atoms with Gasteiger partial charge in [-0.1, -0.05) is 31.7 Å². The van der Waals surface area contributed by atoms with Gasteiger partial charge in [-0.25, -0.2) is 0 Å². The van der Waals surface area contributed by atoms with Crippen LogP contribution in [-0.4, -0.2) is 19.0 Å². The molecule has 0 radical (unpaired) electrons. The molecule has 1 aromatic carbocycles. The third-order valence-electron chi connectivity index (χ3n) is 4.65. The molecule has 0 unspecified atom stereocenters. The van der Waals surface area contributed by atoms with Crippen LogP contribution in [0.15, 0.2) is 18.2 Å². The van der Waals surface area contributed by atoms with E-state index in [0.29, 0.717) is 0 Å². The molecule has 20 heavy (non-hydrogen) atoms. The molecule has 1 aliphatic carbocycles. The molecule has 2 aliphatic rings. The van der Waals surface area contributed by atoms with Gasteiger partial charge in [0.15, 0.2) is 0 Å². The molecule has 1 amide bonds. The second-order valence-corrected chi connectivity index (χ2v) is 6.06. The van der Waals surface area contributed by atoms with Gasteiger partial charge >= 0.3 is 0 Å². The molecule has 1 saturated carbocycles. The Balaban J connectivity index is 1.59. The highest BCUT2D eigenvalue weighted by molar-refractivity contribution is 5.97. The molecule has 0 bridgehead atoms. The smallest absolute Gasteiger partial charge is 0.251 e. The number of carbonyl (C=O) groups is 1. The fraction of sp³-hybridized carbons (Fsp3) is 0.588. The lowest BCUT2D eigenvalue weighted by atomic mass is 9.97. The van der Waals surface area contributed by atoms with Gasteiger partial charge in [-0.3, -0.25) is 4.79 Å². The lowest BCUT2D eigenvalue weighted by molar-refractivity contribution is 0.0950. The van der Waals surface area contributed by atoms with Gasteiger partial charge in [-0.15, -0.1) is 0 Å². The average molecular weight is 272 g/mol. The van der Waals surface area contributed by atoms with Crippen LogP contribution in [0.25, 0.3) is 0 Å². The summed E-state index contributed by atoms with van der Waals surface area (Å²) in [6.07, 6.45) is 8.70.